The summed E-state index contributed by atoms with van der Waals surface area (Å²) in [6, 6.07) is 9.36. The van der Waals surface area contributed by atoms with Crippen molar-refractivity contribution in [3.63, 3.8) is 0 Å². The number of nitrogens with zero attached hydrogens (tertiary/aromatic N) is 7. The van der Waals surface area contributed by atoms with Crippen LogP contribution in [0.25, 0.3) is 16.9 Å². The zero-order valence-electron chi connectivity index (χ0n) is 23.6. The summed E-state index contributed by atoms with van der Waals surface area (Å²) in [7, 11) is 0. The second-order valence-electron chi connectivity index (χ2n) is 10.7. The van der Waals surface area contributed by atoms with Gasteiger partial charge in [-0.2, -0.15) is 9.65 Å². The smallest absolute Gasteiger partial charge is 0.255 e. The van der Waals surface area contributed by atoms with Gasteiger partial charge in [0.15, 0.2) is 29.6 Å². The number of aliphatic hydroxyl groups is 1. The van der Waals surface area contributed by atoms with E-state index in [2.05, 4.69) is 25.1 Å². The molecule has 2 N–H and O–H groups in total. The SMILES string of the molecule is N#CCOc1ccc(-c2cnc3c(Nc4ccc(C(=O)N5CCN(CCN6CC(O)C6)CC5)c(Cl)c4)nccn23)c(F)c1F. The molecule has 0 radical (unpaired) electrons. The lowest BCUT2D eigenvalue weighted by molar-refractivity contribution is -0.00490. The Kier molecular flexibility index (Phi) is 8.58. The third-order valence-corrected chi connectivity index (χ3v) is 8.15. The summed E-state index contributed by atoms with van der Waals surface area (Å²) in [5.74, 6) is -2.48. The number of benzene rings is 2. The molecule has 2 aliphatic rings. The number of likely N-dealkylation sites (tertiary alicyclic amines) is 1. The van der Waals surface area contributed by atoms with Gasteiger partial charge in [0.05, 0.1) is 28.6 Å². The summed E-state index contributed by atoms with van der Waals surface area (Å²) >= 11 is 6.57. The fourth-order valence-corrected chi connectivity index (χ4v) is 5.68. The predicted octanol–water partition coefficient (Wildman–Crippen LogP) is 3.41. The zero-order valence-corrected chi connectivity index (χ0v) is 24.3. The summed E-state index contributed by atoms with van der Waals surface area (Å²) in [4.78, 5) is 28.3. The predicted molar refractivity (Wildman–Crippen MR) is 159 cm³/mol. The van der Waals surface area contributed by atoms with E-state index in [9.17, 15) is 18.7 Å². The van der Waals surface area contributed by atoms with Crippen LogP contribution < -0.4 is 10.1 Å². The van der Waals surface area contributed by atoms with Crippen molar-refractivity contribution in [2.75, 3.05) is 64.3 Å². The highest BCUT2D eigenvalue weighted by atomic mass is 35.5. The van der Waals surface area contributed by atoms with E-state index in [1.807, 2.05) is 0 Å². The molecule has 44 heavy (non-hydrogen) atoms. The molecule has 0 spiro atoms. The lowest BCUT2D eigenvalue weighted by Crippen LogP contribution is -2.55. The fourth-order valence-electron chi connectivity index (χ4n) is 5.41. The summed E-state index contributed by atoms with van der Waals surface area (Å²) in [6.07, 6.45) is 4.26. The standard InChI is InChI=1S/C30H29ClF2N8O3/c31-23-15-19(1-2-21(23)30(43)40-12-10-38(11-13-40)8-9-39-17-20(42)18-39)37-28-29-36-16-24(41(29)7-6-35-28)22-3-4-25(44-14-5-34)27(33)26(22)32/h1-4,6-7,15-16,20,42H,8-14,17-18H2,(H,35,37). The van der Waals surface area contributed by atoms with Gasteiger partial charge in [-0.25, -0.2) is 14.4 Å². The number of aromatic nitrogens is 3. The van der Waals surface area contributed by atoms with Crippen LogP contribution in [0, 0.1) is 23.0 Å². The third kappa shape index (κ3) is 6.02. The average molecular weight is 623 g/mol. The Labute approximate surface area is 256 Å². The van der Waals surface area contributed by atoms with E-state index in [1.165, 1.54) is 24.5 Å². The number of carbonyl (C=O) groups is 1. The van der Waals surface area contributed by atoms with Crippen molar-refractivity contribution in [1.82, 2.24) is 29.1 Å². The summed E-state index contributed by atoms with van der Waals surface area (Å²) in [5.41, 5.74) is 1.56. The molecule has 0 atom stereocenters. The number of halogens is 3. The molecule has 2 aliphatic heterocycles. The van der Waals surface area contributed by atoms with Crippen molar-refractivity contribution in [2.45, 2.75) is 6.10 Å². The van der Waals surface area contributed by atoms with Crippen molar-refractivity contribution in [3.8, 4) is 23.1 Å². The van der Waals surface area contributed by atoms with E-state index >= 15 is 0 Å². The average Bonchev–Trinajstić information content (AvgIpc) is 3.44. The van der Waals surface area contributed by atoms with Gasteiger partial charge in [0.25, 0.3) is 5.91 Å². The highest BCUT2D eigenvalue weighted by molar-refractivity contribution is 6.34. The molecule has 2 aromatic carbocycles. The van der Waals surface area contributed by atoms with Crippen molar-refractivity contribution in [3.05, 3.63) is 71.1 Å². The van der Waals surface area contributed by atoms with Crippen LogP contribution in [-0.2, 0) is 0 Å². The highest BCUT2D eigenvalue weighted by Crippen LogP contribution is 2.32. The first-order chi connectivity index (χ1) is 21.3. The Bertz CT molecular complexity index is 1730. The number of piperazine rings is 1. The molecule has 2 saturated heterocycles. The molecule has 11 nitrogen and oxygen atoms in total. The molecule has 0 aliphatic carbocycles. The van der Waals surface area contributed by atoms with Crippen LogP contribution >= 0.6 is 11.6 Å². The number of aliphatic hydroxyl groups excluding tert-OH is 1. The van der Waals surface area contributed by atoms with Gasteiger partial charge in [0.2, 0.25) is 5.82 Å². The molecule has 14 heteroatoms. The zero-order chi connectivity index (χ0) is 30.8. The molecule has 0 bridgehead atoms. The van der Waals surface area contributed by atoms with Crippen LogP contribution in [0.15, 0.2) is 48.9 Å². The minimum atomic E-state index is -1.20. The molecule has 228 valence electrons. The number of fused-ring (bicyclic) bond motifs is 1. The van der Waals surface area contributed by atoms with Crippen LogP contribution in [-0.4, -0.2) is 105 Å². The van der Waals surface area contributed by atoms with E-state index in [-0.39, 0.29) is 34.0 Å². The van der Waals surface area contributed by atoms with Crippen molar-refractivity contribution in [2.24, 2.45) is 0 Å². The van der Waals surface area contributed by atoms with E-state index in [1.54, 1.807) is 39.8 Å². The Morgan fingerprint density at radius 3 is 2.59 bits per heavy atom. The van der Waals surface area contributed by atoms with Crippen LogP contribution in [0.2, 0.25) is 5.02 Å². The van der Waals surface area contributed by atoms with Crippen LogP contribution in [0.1, 0.15) is 10.4 Å². The summed E-state index contributed by atoms with van der Waals surface area (Å²) < 4.78 is 36.0. The lowest BCUT2D eigenvalue weighted by Gasteiger charge is -2.39. The van der Waals surface area contributed by atoms with Gasteiger partial charge in [-0.3, -0.25) is 19.0 Å². The van der Waals surface area contributed by atoms with Crippen molar-refractivity contribution >= 4 is 34.7 Å². The van der Waals surface area contributed by atoms with Gasteiger partial charge in [0, 0.05) is 76.0 Å². The Hall–Kier alpha value is -4.35. The second kappa shape index (κ2) is 12.7. The molecule has 0 saturated carbocycles. The number of nitriles is 1. The number of hydrogen-bond acceptors (Lipinski definition) is 9. The molecule has 0 unspecified atom stereocenters. The van der Waals surface area contributed by atoms with Gasteiger partial charge in [-0.15, -0.1) is 0 Å². The molecule has 6 rings (SSSR count). The number of hydrogen-bond donors (Lipinski definition) is 2. The Morgan fingerprint density at radius 2 is 1.86 bits per heavy atom. The Morgan fingerprint density at radius 1 is 1.09 bits per heavy atom. The van der Waals surface area contributed by atoms with Gasteiger partial charge in [-0.1, -0.05) is 11.6 Å². The van der Waals surface area contributed by atoms with Crippen LogP contribution in [0.4, 0.5) is 20.3 Å². The van der Waals surface area contributed by atoms with Gasteiger partial charge < -0.3 is 20.1 Å². The first-order valence-electron chi connectivity index (χ1n) is 14.1. The van der Waals surface area contributed by atoms with E-state index in [0.717, 1.165) is 39.3 Å². The van der Waals surface area contributed by atoms with Crippen LogP contribution in [0.3, 0.4) is 0 Å². The highest BCUT2D eigenvalue weighted by Gasteiger charge is 2.27. The quantitative estimate of drug-likeness (QED) is 0.289. The maximum absolute atomic E-state index is 15.0. The molecule has 2 aromatic heterocycles. The van der Waals surface area contributed by atoms with Crippen LogP contribution in [0.5, 0.6) is 5.75 Å². The second-order valence-corrected chi connectivity index (χ2v) is 11.1. The number of rotatable bonds is 9. The summed E-state index contributed by atoms with van der Waals surface area (Å²) in [6.45, 7) is 5.63. The minimum absolute atomic E-state index is 0.0424. The molecular formula is C30H29ClF2N8O3. The first kappa shape index (κ1) is 29.7. The van der Waals surface area contributed by atoms with Crippen molar-refractivity contribution < 1.29 is 23.4 Å². The monoisotopic (exact) mass is 622 g/mol. The largest absolute Gasteiger partial charge is 0.476 e. The fraction of sp³-hybridized carbons (Fsp3) is 0.333. The van der Waals surface area contributed by atoms with E-state index in [0.29, 0.717) is 35.8 Å². The summed E-state index contributed by atoms with van der Waals surface area (Å²) in [5, 5.41) is 21.5. The van der Waals surface area contributed by atoms with E-state index < -0.39 is 18.2 Å². The number of ether oxygens (including phenoxy) is 1. The van der Waals surface area contributed by atoms with Gasteiger partial charge >= 0.3 is 0 Å². The first-order valence-corrected chi connectivity index (χ1v) is 14.5. The third-order valence-electron chi connectivity index (χ3n) is 7.84. The number of β-amino-alcohol motifs (C(OH)–C–C–N with tert-alkyl or cyclic N) is 1. The lowest BCUT2D eigenvalue weighted by atomic mass is 10.1. The number of amides is 1. The maximum Gasteiger partial charge on any atom is 0.255 e. The Balaban J connectivity index is 1.13. The minimum Gasteiger partial charge on any atom is -0.476 e. The normalized spacial score (nSPS) is 16.1. The molecule has 4 heterocycles. The van der Waals surface area contributed by atoms with E-state index in [4.69, 9.17) is 21.6 Å². The number of nitrogens with one attached hydrogen (secondary N) is 1. The topological polar surface area (TPSA) is 122 Å². The van der Waals surface area contributed by atoms with Gasteiger partial charge in [0.1, 0.15) is 6.07 Å². The molecule has 2 fully saturated rings. The maximum atomic E-state index is 15.0. The molecular weight excluding hydrogens is 594 g/mol. The number of imidazole rings is 1. The molecule has 1 amide bonds. The number of carbonyl (C=O) groups excluding carboxylic acids is 1. The molecule has 4 aromatic rings. The van der Waals surface area contributed by atoms with Gasteiger partial charge in [-0.05, 0) is 30.3 Å². The van der Waals surface area contributed by atoms with Crippen molar-refractivity contribution in [1.29, 1.82) is 5.26 Å². The number of anilines is 2.